The van der Waals surface area contributed by atoms with Crippen molar-refractivity contribution >= 4 is 15.9 Å². The van der Waals surface area contributed by atoms with Crippen LogP contribution in [0, 0.1) is 6.92 Å². The molecule has 2 rings (SSSR count). The number of nitrogens with zero attached hydrogens (tertiary/aromatic N) is 1. The highest BCUT2D eigenvalue weighted by atomic mass is 79.9. The van der Waals surface area contributed by atoms with Crippen molar-refractivity contribution in [3.63, 3.8) is 0 Å². The van der Waals surface area contributed by atoms with Crippen LogP contribution in [0.15, 0.2) is 41.0 Å². The Kier molecular flexibility index (Phi) is 5.76. The van der Waals surface area contributed by atoms with Crippen LogP contribution in [0.25, 0.3) is 0 Å². The van der Waals surface area contributed by atoms with Crippen molar-refractivity contribution in [2.75, 3.05) is 6.54 Å². The molecule has 0 amide bonds. The fourth-order valence-electron chi connectivity index (χ4n) is 1.99. The molecular weight excluding hydrogens is 328 g/mol. The van der Waals surface area contributed by atoms with Crippen molar-refractivity contribution in [3.8, 4) is 11.5 Å². The second-order valence-electron chi connectivity index (χ2n) is 5.13. The molecule has 1 unspecified atom stereocenters. The van der Waals surface area contributed by atoms with E-state index in [2.05, 4.69) is 47.0 Å². The second kappa shape index (κ2) is 7.57. The maximum absolute atomic E-state index is 5.85. The largest absolute Gasteiger partial charge is 0.455 e. The van der Waals surface area contributed by atoms with Gasteiger partial charge in [0.05, 0.1) is 16.4 Å². The molecule has 1 N–H and O–H groups in total. The van der Waals surface area contributed by atoms with Gasteiger partial charge in [0, 0.05) is 6.04 Å². The zero-order chi connectivity index (χ0) is 15.2. The van der Waals surface area contributed by atoms with Gasteiger partial charge in [0.1, 0.15) is 11.5 Å². The molecule has 21 heavy (non-hydrogen) atoms. The Morgan fingerprint density at radius 3 is 2.71 bits per heavy atom. The van der Waals surface area contributed by atoms with E-state index in [0.29, 0.717) is 0 Å². The third-order valence-corrected chi connectivity index (χ3v) is 3.84. The van der Waals surface area contributed by atoms with E-state index in [0.717, 1.165) is 34.6 Å². The number of ether oxygens (including phenoxy) is 1. The topological polar surface area (TPSA) is 34.1 Å². The predicted molar refractivity (Wildman–Crippen MR) is 89.9 cm³/mol. The van der Waals surface area contributed by atoms with Gasteiger partial charge in [-0.15, -0.1) is 0 Å². The standard InChI is InChI=1S/C17H21BrN2O/c1-4-9-19-13(3)16-7-6-14(11-20-16)21-17-8-5-12(2)10-15(17)18/h5-8,10-11,13,19H,4,9H2,1-3H3. The van der Waals surface area contributed by atoms with E-state index in [-0.39, 0.29) is 6.04 Å². The van der Waals surface area contributed by atoms with Gasteiger partial charge in [0.2, 0.25) is 0 Å². The number of aromatic nitrogens is 1. The van der Waals surface area contributed by atoms with Crippen LogP contribution in [-0.4, -0.2) is 11.5 Å². The minimum Gasteiger partial charge on any atom is -0.455 e. The third-order valence-electron chi connectivity index (χ3n) is 3.22. The van der Waals surface area contributed by atoms with Crippen molar-refractivity contribution in [2.45, 2.75) is 33.2 Å². The van der Waals surface area contributed by atoms with Crippen LogP contribution in [0.4, 0.5) is 0 Å². The Labute approximate surface area is 134 Å². The summed E-state index contributed by atoms with van der Waals surface area (Å²) in [7, 11) is 0. The molecular formula is C17H21BrN2O. The Morgan fingerprint density at radius 2 is 2.10 bits per heavy atom. The molecule has 2 aromatic rings. The first-order valence-electron chi connectivity index (χ1n) is 7.23. The smallest absolute Gasteiger partial charge is 0.145 e. The van der Waals surface area contributed by atoms with Crippen LogP contribution < -0.4 is 10.1 Å². The van der Waals surface area contributed by atoms with Gasteiger partial charge in [-0.3, -0.25) is 4.98 Å². The molecule has 1 heterocycles. The maximum Gasteiger partial charge on any atom is 0.145 e. The van der Waals surface area contributed by atoms with Crippen LogP contribution in [0.5, 0.6) is 11.5 Å². The molecule has 0 fully saturated rings. The van der Waals surface area contributed by atoms with Crippen LogP contribution in [0.1, 0.15) is 37.6 Å². The number of benzene rings is 1. The molecule has 0 radical (unpaired) electrons. The SMILES string of the molecule is CCCNC(C)c1ccc(Oc2ccc(C)cc2Br)cn1. The van der Waals surface area contributed by atoms with Crippen LogP contribution in [-0.2, 0) is 0 Å². The molecule has 0 saturated heterocycles. The molecule has 0 aliphatic carbocycles. The summed E-state index contributed by atoms with van der Waals surface area (Å²) in [6, 6.07) is 10.2. The Morgan fingerprint density at radius 1 is 1.29 bits per heavy atom. The van der Waals surface area contributed by atoms with Crippen molar-refractivity contribution in [2.24, 2.45) is 0 Å². The lowest BCUT2D eigenvalue weighted by molar-refractivity contribution is 0.475. The molecule has 3 nitrogen and oxygen atoms in total. The summed E-state index contributed by atoms with van der Waals surface area (Å²) in [5, 5.41) is 3.42. The fraction of sp³-hybridized carbons (Fsp3) is 0.353. The van der Waals surface area contributed by atoms with E-state index in [1.165, 1.54) is 5.56 Å². The molecule has 0 aliphatic rings. The molecule has 0 bridgehead atoms. The zero-order valence-corrected chi connectivity index (χ0v) is 14.3. The maximum atomic E-state index is 5.85. The lowest BCUT2D eigenvalue weighted by Crippen LogP contribution is -2.20. The molecule has 112 valence electrons. The van der Waals surface area contributed by atoms with Crippen molar-refractivity contribution < 1.29 is 4.74 Å². The van der Waals surface area contributed by atoms with E-state index in [1.807, 2.05) is 30.3 Å². The second-order valence-corrected chi connectivity index (χ2v) is 5.98. The number of hydrogen-bond donors (Lipinski definition) is 1. The minimum absolute atomic E-state index is 0.255. The average molecular weight is 349 g/mol. The fourth-order valence-corrected chi connectivity index (χ4v) is 2.56. The molecule has 0 aliphatic heterocycles. The summed E-state index contributed by atoms with van der Waals surface area (Å²) in [5.41, 5.74) is 2.22. The summed E-state index contributed by atoms with van der Waals surface area (Å²) < 4.78 is 6.80. The minimum atomic E-state index is 0.255. The Hall–Kier alpha value is -1.39. The van der Waals surface area contributed by atoms with E-state index in [1.54, 1.807) is 6.20 Å². The summed E-state index contributed by atoms with van der Waals surface area (Å²) in [5.74, 6) is 1.54. The Balaban J connectivity index is 2.05. The number of hydrogen-bond acceptors (Lipinski definition) is 3. The highest BCUT2D eigenvalue weighted by Crippen LogP contribution is 2.30. The van der Waals surface area contributed by atoms with Crippen molar-refractivity contribution in [1.29, 1.82) is 0 Å². The van der Waals surface area contributed by atoms with Gasteiger partial charge < -0.3 is 10.1 Å². The quantitative estimate of drug-likeness (QED) is 0.796. The molecule has 1 atom stereocenters. The van der Waals surface area contributed by atoms with Gasteiger partial charge in [-0.25, -0.2) is 0 Å². The molecule has 0 spiro atoms. The van der Waals surface area contributed by atoms with Crippen molar-refractivity contribution in [3.05, 3.63) is 52.3 Å². The number of halogens is 1. The third kappa shape index (κ3) is 4.55. The predicted octanol–water partition coefficient (Wildman–Crippen LogP) is 5.01. The zero-order valence-electron chi connectivity index (χ0n) is 12.7. The lowest BCUT2D eigenvalue weighted by atomic mass is 10.2. The van der Waals surface area contributed by atoms with Gasteiger partial charge in [0.25, 0.3) is 0 Å². The monoisotopic (exact) mass is 348 g/mol. The molecule has 4 heteroatoms. The molecule has 0 saturated carbocycles. The summed E-state index contributed by atoms with van der Waals surface area (Å²) in [4.78, 5) is 4.47. The van der Waals surface area contributed by atoms with E-state index < -0.39 is 0 Å². The first kappa shape index (κ1) is 16.0. The number of pyridine rings is 1. The van der Waals surface area contributed by atoms with Crippen molar-refractivity contribution in [1.82, 2.24) is 10.3 Å². The summed E-state index contributed by atoms with van der Waals surface area (Å²) in [6.07, 6.45) is 2.89. The van der Waals surface area contributed by atoms with E-state index in [9.17, 15) is 0 Å². The number of aryl methyl sites for hydroxylation is 1. The van der Waals surface area contributed by atoms with Gasteiger partial charge in [-0.2, -0.15) is 0 Å². The van der Waals surface area contributed by atoms with Gasteiger partial charge >= 0.3 is 0 Å². The normalized spacial score (nSPS) is 12.2. The van der Waals surface area contributed by atoms with Gasteiger partial charge in [0.15, 0.2) is 0 Å². The van der Waals surface area contributed by atoms with E-state index in [4.69, 9.17) is 4.74 Å². The van der Waals surface area contributed by atoms with Gasteiger partial charge in [-0.1, -0.05) is 13.0 Å². The number of nitrogens with one attached hydrogen (secondary N) is 1. The molecule has 1 aromatic carbocycles. The van der Waals surface area contributed by atoms with Crippen LogP contribution in [0.2, 0.25) is 0 Å². The summed E-state index contributed by atoms with van der Waals surface area (Å²) >= 11 is 3.52. The average Bonchev–Trinajstić information content (AvgIpc) is 2.48. The highest BCUT2D eigenvalue weighted by molar-refractivity contribution is 9.10. The number of rotatable bonds is 6. The van der Waals surface area contributed by atoms with Crippen LogP contribution in [0.3, 0.4) is 0 Å². The van der Waals surface area contributed by atoms with Gasteiger partial charge in [-0.05, 0) is 72.6 Å². The van der Waals surface area contributed by atoms with E-state index >= 15 is 0 Å². The first-order chi connectivity index (χ1) is 10.1. The molecule has 1 aromatic heterocycles. The highest BCUT2D eigenvalue weighted by Gasteiger charge is 2.07. The lowest BCUT2D eigenvalue weighted by Gasteiger charge is -2.13. The summed E-state index contributed by atoms with van der Waals surface area (Å²) in [6.45, 7) is 7.32. The van der Waals surface area contributed by atoms with Crippen LogP contribution >= 0.6 is 15.9 Å². The Bertz CT molecular complexity index is 584. The first-order valence-corrected chi connectivity index (χ1v) is 8.02.